The standard InChI is InChI=1S/C15H21N3O3/c1-11-5-6-14(19)18(16-11)9-15(20)17-7-8-21-10-13(17)12-3-2-4-12/h5-6,12-13H,2-4,7-10H2,1H3. The summed E-state index contributed by atoms with van der Waals surface area (Å²) < 4.78 is 6.79. The number of carbonyl (C=O) groups excluding carboxylic acids is 1. The van der Waals surface area contributed by atoms with Crippen molar-refractivity contribution < 1.29 is 9.53 Å². The van der Waals surface area contributed by atoms with Crippen LogP contribution in [-0.4, -0.2) is 46.4 Å². The smallest absolute Gasteiger partial charge is 0.267 e. The fraction of sp³-hybridized carbons (Fsp3) is 0.667. The summed E-state index contributed by atoms with van der Waals surface area (Å²) in [6.07, 6.45) is 3.57. The van der Waals surface area contributed by atoms with E-state index in [4.69, 9.17) is 4.74 Å². The predicted octanol–water partition coefficient (Wildman–Crippen LogP) is 0.579. The molecule has 2 aliphatic rings. The van der Waals surface area contributed by atoms with Crippen molar-refractivity contribution in [1.82, 2.24) is 14.7 Å². The number of amides is 1. The average molecular weight is 291 g/mol. The van der Waals surface area contributed by atoms with E-state index in [2.05, 4.69) is 5.10 Å². The van der Waals surface area contributed by atoms with Crippen LogP contribution in [0.25, 0.3) is 0 Å². The molecule has 2 fully saturated rings. The number of nitrogens with zero attached hydrogens (tertiary/aromatic N) is 3. The second-order valence-corrected chi connectivity index (χ2v) is 5.89. The first-order valence-corrected chi connectivity index (χ1v) is 7.57. The maximum absolute atomic E-state index is 12.6. The molecule has 114 valence electrons. The van der Waals surface area contributed by atoms with Crippen molar-refractivity contribution in [3.8, 4) is 0 Å². The van der Waals surface area contributed by atoms with E-state index in [1.165, 1.54) is 30.0 Å². The molecule has 1 amide bonds. The lowest BCUT2D eigenvalue weighted by atomic mass is 9.79. The zero-order chi connectivity index (χ0) is 14.8. The van der Waals surface area contributed by atoms with E-state index in [0.29, 0.717) is 25.7 Å². The summed E-state index contributed by atoms with van der Waals surface area (Å²) in [6.45, 7) is 3.63. The highest BCUT2D eigenvalue weighted by molar-refractivity contribution is 5.76. The minimum absolute atomic E-state index is 0.0176. The Labute approximate surface area is 123 Å². The van der Waals surface area contributed by atoms with E-state index in [9.17, 15) is 9.59 Å². The van der Waals surface area contributed by atoms with Gasteiger partial charge in [0.15, 0.2) is 0 Å². The molecule has 3 rings (SSSR count). The van der Waals surface area contributed by atoms with E-state index >= 15 is 0 Å². The van der Waals surface area contributed by atoms with Crippen molar-refractivity contribution in [1.29, 1.82) is 0 Å². The van der Waals surface area contributed by atoms with Gasteiger partial charge in [-0.1, -0.05) is 6.42 Å². The van der Waals surface area contributed by atoms with Gasteiger partial charge in [-0.05, 0) is 31.7 Å². The van der Waals surface area contributed by atoms with E-state index in [-0.39, 0.29) is 24.1 Å². The third-order valence-electron chi connectivity index (χ3n) is 4.46. The predicted molar refractivity (Wildman–Crippen MR) is 76.9 cm³/mol. The van der Waals surface area contributed by atoms with Gasteiger partial charge in [-0.15, -0.1) is 0 Å². The third-order valence-corrected chi connectivity index (χ3v) is 4.46. The molecule has 1 aliphatic heterocycles. The highest BCUT2D eigenvalue weighted by Crippen LogP contribution is 2.33. The van der Waals surface area contributed by atoms with E-state index in [0.717, 1.165) is 5.69 Å². The number of rotatable bonds is 3. The summed E-state index contributed by atoms with van der Waals surface area (Å²) in [4.78, 5) is 26.2. The molecule has 2 heterocycles. The van der Waals surface area contributed by atoms with Gasteiger partial charge in [0.2, 0.25) is 5.91 Å². The number of hydrogen-bond donors (Lipinski definition) is 0. The van der Waals surface area contributed by atoms with Gasteiger partial charge in [0, 0.05) is 12.6 Å². The Kier molecular flexibility index (Phi) is 4.05. The summed E-state index contributed by atoms with van der Waals surface area (Å²) in [5.41, 5.74) is 0.502. The van der Waals surface area contributed by atoms with Crippen LogP contribution in [-0.2, 0) is 16.1 Å². The molecule has 1 aliphatic carbocycles. The molecule has 0 N–H and O–H groups in total. The molecule has 0 radical (unpaired) electrons. The molecule has 1 saturated carbocycles. The fourth-order valence-corrected chi connectivity index (χ4v) is 3.03. The summed E-state index contributed by atoms with van der Waals surface area (Å²) in [5, 5.41) is 4.14. The van der Waals surface area contributed by atoms with Crippen LogP contribution in [0.2, 0.25) is 0 Å². The molecule has 6 nitrogen and oxygen atoms in total. The zero-order valence-corrected chi connectivity index (χ0v) is 12.3. The van der Waals surface area contributed by atoms with E-state index in [1.807, 2.05) is 11.8 Å². The van der Waals surface area contributed by atoms with Gasteiger partial charge in [-0.25, -0.2) is 4.68 Å². The van der Waals surface area contributed by atoms with Gasteiger partial charge >= 0.3 is 0 Å². The summed E-state index contributed by atoms with van der Waals surface area (Å²) in [7, 11) is 0. The first-order chi connectivity index (χ1) is 10.1. The number of morpholine rings is 1. The summed E-state index contributed by atoms with van der Waals surface area (Å²) >= 11 is 0. The lowest BCUT2D eigenvalue weighted by molar-refractivity contribution is -0.144. The van der Waals surface area contributed by atoms with Gasteiger partial charge in [0.25, 0.3) is 5.56 Å². The molecule has 0 spiro atoms. The molecule has 1 unspecified atom stereocenters. The van der Waals surface area contributed by atoms with Crippen LogP contribution in [0.5, 0.6) is 0 Å². The van der Waals surface area contributed by atoms with Crippen molar-refractivity contribution in [3.63, 3.8) is 0 Å². The number of aromatic nitrogens is 2. The van der Waals surface area contributed by atoms with Crippen LogP contribution in [0.15, 0.2) is 16.9 Å². The Morgan fingerprint density at radius 1 is 1.43 bits per heavy atom. The highest BCUT2D eigenvalue weighted by atomic mass is 16.5. The lowest BCUT2D eigenvalue weighted by Gasteiger charge is -2.43. The van der Waals surface area contributed by atoms with Crippen LogP contribution in [0.1, 0.15) is 25.0 Å². The molecule has 1 saturated heterocycles. The zero-order valence-electron chi connectivity index (χ0n) is 12.3. The van der Waals surface area contributed by atoms with E-state index < -0.39 is 0 Å². The Morgan fingerprint density at radius 2 is 2.24 bits per heavy atom. The second-order valence-electron chi connectivity index (χ2n) is 5.89. The molecular weight excluding hydrogens is 270 g/mol. The molecule has 1 aromatic heterocycles. The van der Waals surface area contributed by atoms with Crippen molar-refractivity contribution in [3.05, 3.63) is 28.2 Å². The number of carbonyl (C=O) groups is 1. The Hall–Kier alpha value is -1.69. The topological polar surface area (TPSA) is 64.4 Å². The second kappa shape index (κ2) is 5.97. The van der Waals surface area contributed by atoms with Crippen LogP contribution in [0, 0.1) is 12.8 Å². The van der Waals surface area contributed by atoms with Crippen LogP contribution < -0.4 is 5.56 Å². The minimum Gasteiger partial charge on any atom is -0.377 e. The number of ether oxygens (including phenoxy) is 1. The van der Waals surface area contributed by atoms with Gasteiger partial charge in [-0.2, -0.15) is 5.10 Å². The molecule has 6 heteroatoms. The van der Waals surface area contributed by atoms with Crippen molar-refractivity contribution in [2.24, 2.45) is 5.92 Å². The third kappa shape index (κ3) is 3.00. The van der Waals surface area contributed by atoms with E-state index in [1.54, 1.807) is 6.07 Å². The number of aryl methyl sites for hydroxylation is 1. The molecular formula is C15H21N3O3. The Bertz CT molecular complexity index is 580. The lowest BCUT2D eigenvalue weighted by Crippen LogP contribution is -2.54. The summed E-state index contributed by atoms with van der Waals surface area (Å²) in [6, 6.07) is 3.29. The maximum Gasteiger partial charge on any atom is 0.267 e. The highest BCUT2D eigenvalue weighted by Gasteiger charge is 2.36. The van der Waals surface area contributed by atoms with Gasteiger partial charge < -0.3 is 9.64 Å². The molecule has 0 aromatic carbocycles. The molecule has 1 atom stereocenters. The largest absolute Gasteiger partial charge is 0.377 e. The SMILES string of the molecule is Cc1ccc(=O)n(CC(=O)N2CCOCC2C2CCC2)n1. The van der Waals surface area contributed by atoms with Crippen molar-refractivity contribution >= 4 is 5.91 Å². The normalized spacial score (nSPS) is 22.9. The van der Waals surface area contributed by atoms with Crippen LogP contribution >= 0.6 is 0 Å². The monoisotopic (exact) mass is 291 g/mol. The molecule has 0 bridgehead atoms. The van der Waals surface area contributed by atoms with Crippen molar-refractivity contribution in [2.45, 2.75) is 38.8 Å². The maximum atomic E-state index is 12.6. The minimum atomic E-state index is -0.234. The number of hydrogen-bond acceptors (Lipinski definition) is 4. The summed E-state index contributed by atoms with van der Waals surface area (Å²) in [5.74, 6) is 0.520. The molecule has 1 aromatic rings. The van der Waals surface area contributed by atoms with Gasteiger partial charge in [0.1, 0.15) is 6.54 Å². The molecule has 21 heavy (non-hydrogen) atoms. The van der Waals surface area contributed by atoms with Crippen molar-refractivity contribution in [2.75, 3.05) is 19.8 Å². The first-order valence-electron chi connectivity index (χ1n) is 7.57. The van der Waals surface area contributed by atoms with Crippen LogP contribution in [0.3, 0.4) is 0 Å². The Balaban J connectivity index is 1.73. The first kappa shape index (κ1) is 14.3. The van der Waals surface area contributed by atoms with Gasteiger partial charge in [-0.3, -0.25) is 9.59 Å². The Morgan fingerprint density at radius 3 is 2.95 bits per heavy atom. The van der Waals surface area contributed by atoms with Gasteiger partial charge in [0.05, 0.1) is 24.9 Å². The average Bonchev–Trinajstić information content (AvgIpc) is 2.41. The quantitative estimate of drug-likeness (QED) is 0.817. The fourth-order valence-electron chi connectivity index (χ4n) is 3.03. The van der Waals surface area contributed by atoms with Crippen LogP contribution in [0.4, 0.5) is 0 Å².